The van der Waals surface area contributed by atoms with Crippen LogP contribution < -0.4 is 11.1 Å². The van der Waals surface area contributed by atoms with E-state index < -0.39 is 0 Å². The molecule has 3 N–H and O–H groups in total. The van der Waals surface area contributed by atoms with Crippen molar-refractivity contribution in [2.45, 2.75) is 51.4 Å². The van der Waals surface area contributed by atoms with Gasteiger partial charge in [-0.25, -0.2) is 0 Å². The van der Waals surface area contributed by atoms with E-state index in [9.17, 15) is 4.79 Å². The van der Waals surface area contributed by atoms with Gasteiger partial charge in [-0.05, 0) is 32.1 Å². The topological polar surface area (TPSA) is 70.7 Å². The van der Waals surface area contributed by atoms with Crippen LogP contribution in [0.1, 0.15) is 51.4 Å². The highest BCUT2D eigenvalue weighted by Gasteiger charge is 2.24. The van der Waals surface area contributed by atoms with Crippen LogP contribution in [-0.2, 0) is 4.79 Å². The number of hydrogen-bond acceptors (Lipinski definition) is 2. The maximum atomic E-state index is 11.6. The summed E-state index contributed by atoms with van der Waals surface area (Å²) in [6, 6.07) is 0. The van der Waals surface area contributed by atoms with E-state index in [1.54, 1.807) is 0 Å². The van der Waals surface area contributed by atoms with Gasteiger partial charge in [-0.15, -0.1) is 24.0 Å². The van der Waals surface area contributed by atoms with Crippen molar-refractivity contribution >= 4 is 35.8 Å². The van der Waals surface area contributed by atoms with Gasteiger partial charge in [0.1, 0.15) is 0 Å². The van der Waals surface area contributed by atoms with E-state index in [4.69, 9.17) is 5.73 Å². The van der Waals surface area contributed by atoms with Gasteiger partial charge in [0.25, 0.3) is 0 Å². The minimum atomic E-state index is 0. The SMILES string of the molecule is I.NC(=NCCCNC(=O)C1CCC1)N1CCCCCC1. The quantitative estimate of drug-likeness (QED) is 0.317. The van der Waals surface area contributed by atoms with Crippen molar-refractivity contribution in [1.82, 2.24) is 10.2 Å². The summed E-state index contributed by atoms with van der Waals surface area (Å²) in [6.45, 7) is 3.49. The third kappa shape index (κ3) is 6.40. The predicted molar refractivity (Wildman–Crippen MR) is 96.9 cm³/mol. The van der Waals surface area contributed by atoms with E-state index in [0.29, 0.717) is 19.0 Å². The summed E-state index contributed by atoms with van der Waals surface area (Å²) < 4.78 is 0. The zero-order valence-corrected chi connectivity index (χ0v) is 15.2. The fraction of sp³-hybridized carbons (Fsp3) is 0.867. The average molecular weight is 408 g/mol. The normalized spacial score (nSPS) is 20.2. The minimum absolute atomic E-state index is 0. The molecule has 0 radical (unpaired) electrons. The first kappa shape index (κ1) is 18.5. The Morgan fingerprint density at radius 2 is 1.81 bits per heavy atom. The lowest BCUT2D eigenvalue weighted by Crippen LogP contribution is -2.38. The molecule has 0 atom stereocenters. The van der Waals surface area contributed by atoms with E-state index in [-0.39, 0.29) is 35.8 Å². The molecule has 2 rings (SSSR count). The van der Waals surface area contributed by atoms with Crippen molar-refractivity contribution in [2.24, 2.45) is 16.6 Å². The van der Waals surface area contributed by atoms with Gasteiger partial charge in [0.15, 0.2) is 5.96 Å². The van der Waals surface area contributed by atoms with Gasteiger partial charge in [0.05, 0.1) is 0 Å². The molecular formula is C15H29IN4O. The largest absolute Gasteiger partial charge is 0.370 e. The maximum Gasteiger partial charge on any atom is 0.223 e. The van der Waals surface area contributed by atoms with Crippen LogP contribution in [0.25, 0.3) is 0 Å². The number of halogens is 1. The van der Waals surface area contributed by atoms with Crippen molar-refractivity contribution in [3.63, 3.8) is 0 Å². The first-order chi connectivity index (χ1) is 9.77. The first-order valence-electron chi connectivity index (χ1n) is 8.10. The zero-order chi connectivity index (χ0) is 14.2. The fourth-order valence-electron chi connectivity index (χ4n) is 2.70. The molecule has 0 spiro atoms. The Bertz CT molecular complexity index is 337. The van der Waals surface area contributed by atoms with Gasteiger partial charge in [-0.1, -0.05) is 19.3 Å². The van der Waals surface area contributed by atoms with Crippen molar-refractivity contribution in [3.8, 4) is 0 Å². The van der Waals surface area contributed by atoms with Crippen LogP contribution in [0.2, 0.25) is 0 Å². The Balaban J connectivity index is 0.00000220. The number of aliphatic imine (C=N–C) groups is 1. The number of amides is 1. The van der Waals surface area contributed by atoms with Gasteiger partial charge in [0.2, 0.25) is 5.91 Å². The van der Waals surface area contributed by atoms with Crippen molar-refractivity contribution in [1.29, 1.82) is 0 Å². The van der Waals surface area contributed by atoms with Gasteiger partial charge < -0.3 is 16.0 Å². The van der Waals surface area contributed by atoms with E-state index >= 15 is 0 Å². The maximum absolute atomic E-state index is 11.6. The number of carbonyl (C=O) groups is 1. The summed E-state index contributed by atoms with van der Waals surface area (Å²) >= 11 is 0. The highest BCUT2D eigenvalue weighted by molar-refractivity contribution is 14.0. The Labute approximate surface area is 145 Å². The Hall–Kier alpha value is -0.530. The monoisotopic (exact) mass is 408 g/mol. The molecule has 1 amide bonds. The molecule has 6 heteroatoms. The Morgan fingerprint density at radius 1 is 1.14 bits per heavy atom. The molecule has 21 heavy (non-hydrogen) atoms. The van der Waals surface area contributed by atoms with Crippen LogP contribution in [0.3, 0.4) is 0 Å². The highest BCUT2D eigenvalue weighted by atomic mass is 127. The van der Waals surface area contributed by atoms with Gasteiger partial charge in [-0.3, -0.25) is 9.79 Å². The third-order valence-electron chi connectivity index (χ3n) is 4.31. The van der Waals surface area contributed by atoms with Crippen LogP contribution in [0, 0.1) is 5.92 Å². The Morgan fingerprint density at radius 3 is 2.38 bits per heavy atom. The number of likely N-dealkylation sites (tertiary alicyclic amines) is 1. The second-order valence-corrected chi connectivity index (χ2v) is 5.91. The summed E-state index contributed by atoms with van der Waals surface area (Å²) in [6.07, 6.45) is 9.23. The molecule has 1 heterocycles. The van der Waals surface area contributed by atoms with Crippen LogP contribution in [-0.4, -0.2) is 42.9 Å². The van der Waals surface area contributed by atoms with Crippen LogP contribution in [0.15, 0.2) is 4.99 Å². The molecule has 2 aliphatic rings. The summed E-state index contributed by atoms with van der Waals surface area (Å²) in [5.41, 5.74) is 6.03. The number of guanidine groups is 1. The molecule has 0 aromatic heterocycles. The molecule has 1 aliphatic carbocycles. The lowest BCUT2D eigenvalue weighted by molar-refractivity contribution is -0.127. The van der Waals surface area contributed by atoms with Crippen LogP contribution >= 0.6 is 24.0 Å². The van der Waals surface area contributed by atoms with Gasteiger partial charge in [-0.2, -0.15) is 0 Å². The average Bonchev–Trinajstić information content (AvgIpc) is 2.64. The molecule has 2 fully saturated rings. The van der Waals surface area contributed by atoms with E-state index in [1.807, 2.05) is 0 Å². The molecule has 0 bridgehead atoms. The van der Waals surface area contributed by atoms with E-state index in [1.165, 1.54) is 32.1 Å². The highest BCUT2D eigenvalue weighted by Crippen LogP contribution is 2.25. The minimum Gasteiger partial charge on any atom is -0.370 e. The standard InChI is InChI=1S/C15H28N4O.HI/c16-15(19-11-3-1-2-4-12-19)18-10-6-9-17-14(20)13-7-5-8-13;/h13H,1-12H2,(H2,16,18)(H,17,20);1H. The number of nitrogens with one attached hydrogen (secondary N) is 1. The number of hydrogen-bond donors (Lipinski definition) is 2. The molecule has 122 valence electrons. The molecule has 1 saturated carbocycles. The molecule has 1 saturated heterocycles. The molecular weight excluding hydrogens is 379 g/mol. The second kappa shape index (κ2) is 10.2. The van der Waals surface area contributed by atoms with Crippen LogP contribution in [0.5, 0.6) is 0 Å². The van der Waals surface area contributed by atoms with Crippen molar-refractivity contribution in [2.75, 3.05) is 26.2 Å². The van der Waals surface area contributed by atoms with E-state index in [0.717, 1.165) is 32.4 Å². The van der Waals surface area contributed by atoms with Gasteiger partial charge >= 0.3 is 0 Å². The number of nitrogens with zero attached hydrogens (tertiary/aromatic N) is 2. The molecule has 0 aromatic rings. The summed E-state index contributed by atoms with van der Waals surface area (Å²) in [4.78, 5) is 18.3. The summed E-state index contributed by atoms with van der Waals surface area (Å²) in [5.74, 6) is 1.18. The summed E-state index contributed by atoms with van der Waals surface area (Å²) in [5, 5.41) is 2.99. The number of nitrogens with two attached hydrogens (primary N) is 1. The predicted octanol–water partition coefficient (Wildman–Crippen LogP) is 2.10. The number of rotatable bonds is 5. The fourth-order valence-corrected chi connectivity index (χ4v) is 2.70. The number of carbonyl (C=O) groups excluding carboxylic acids is 1. The lowest BCUT2D eigenvalue weighted by atomic mass is 9.85. The molecule has 0 aromatic carbocycles. The lowest BCUT2D eigenvalue weighted by Gasteiger charge is -2.24. The molecule has 0 unspecified atom stereocenters. The summed E-state index contributed by atoms with van der Waals surface area (Å²) in [7, 11) is 0. The first-order valence-corrected chi connectivity index (χ1v) is 8.10. The molecule has 5 nitrogen and oxygen atoms in total. The smallest absolute Gasteiger partial charge is 0.223 e. The van der Waals surface area contributed by atoms with Crippen molar-refractivity contribution < 1.29 is 4.79 Å². The molecule has 1 aliphatic heterocycles. The zero-order valence-electron chi connectivity index (χ0n) is 12.9. The third-order valence-corrected chi connectivity index (χ3v) is 4.31. The Kier molecular flexibility index (Phi) is 9.03. The van der Waals surface area contributed by atoms with E-state index in [2.05, 4.69) is 15.2 Å². The van der Waals surface area contributed by atoms with Crippen LogP contribution in [0.4, 0.5) is 0 Å². The van der Waals surface area contributed by atoms with Gasteiger partial charge in [0, 0.05) is 32.1 Å². The second-order valence-electron chi connectivity index (χ2n) is 5.91. The van der Waals surface area contributed by atoms with Crippen molar-refractivity contribution in [3.05, 3.63) is 0 Å².